The zero-order chi connectivity index (χ0) is 6.81. The maximum Gasteiger partial charge on any atom is 0.279 e. The molecule has 0 saturated carbocycles. The summed E-state index contributed by atoms with van der Waals surface area (Å²) in [5.74, 6) is 0.411. The highest BCUT2D eigenvalue weighted by Gasteiger charge is 2.04. The quantitative estimate of drug-likeness (QED) is 0.601. The van der Waals surface area contributed by atoms with Gasteiger partial charge in [-0.3, -0.25) is 0 Å². The first-order valence-electron chi connectivity index (χ1n) is 2.51. The van der Waals surface area contributed by atoms with Gasteiger partial charge in [0.25, 0.3) is 5.89 Å². The molecule has 0 aliphatic heterocycles. The zero-order valence-electron chi connectivity index (χ0n) is 4.76. The van der Waals surface area contributed by atoms with Crippen LogP contribution in [-0.2, 0) is 0 Å². The highest BCUT2D eigenvalue weighted by Crippen LogP contribution is 2.12. The van der Waals surface area contributed by atoms with Crippen LogP contribution in [0.1, 0.15) is 0 Å². The Hall–Kier alpha value is -1.30. The second-order valence-electron chi connectivity index (χ2n) is 1.54. The van der Waals surface area contributed by atoms with Gasteiger partial charge in [-0.15, -0.1) is 5.10 Å². The molecule has 0 aromatic carbocycles. The molecule has 2 aromatic heterocycles. The molecule has 6 heteroatoms. The lowest BCUT2D eigenvalue weighted by molar-refractivity contribution is 0.428. The van der Waals surface area contributed by atoms with Gasteiger partial charge in [-0.05, 0) is 11.5 Å². The van der Waals surface area contributed by atoms with Crippen molar-refractivity contribution < 1.29 is 4.52 Å². The van der Waals surface area contributed by atoms with E-state index in [4.69, 9.17) is 4.52 Å². The molecule has 2 rings (SSSR count). The lowest BCUT2D eigenvalue weighted by atomic mass is 10.5. The molecule has 0 spiro atoms. The van der Waals surface area contributed by atoms with Crippen molar-refractivity contribution >= 4 is 11.5 Å². The maximum absolute atomic E-state index is 4.72. The van der Waals surface area contributed by atoms with Gasteiger partial charge >= 0.3 is 0 Å². The fourth-order valence-corrected chi connectivity index (χ4v) is 0.974. The molecule has 50 valence electrons. The van der Waals surface area contributed by atoms with E-state index in [0.717, 1.165) is 0 Å². The van der Waals surface area contributed by atoms with Crippen molar-refractivity contribution in [2.24, 2.45) is 0 Å². The Morgan fingerprint density at radius 3 is 3.10 bits per heavy atom. The van der Waals surface area contributed by atoms with Gasteiger partial charge in [0.2, 0.25) is 0 Å². The summed E-state index contributed by atoms with van der Waals surface area (Å²) < 4.78 is 8.36. The Bertz CT molecular complexity index is 257. The van der Waals surface area contributed by atoms with Crippen LogP contribution < -0.4 is 0 Å². The molecule has 0 aliphatic rings. The summed E-state index contributed by atoms with van der Waals surface area (Å²) in [4.78, 5) is 3.79. The Morgan fingerprint density at radius 2 is 2.50 bits per heavy atom. The van der Waals surface area contributed by atoms with E-state index in [0.29, 0.717) is 11.6 Å². The first kappa shape index (κ1) is 5.48. The summed E-state index contributed by atoms with van der Waals surface area (Å²) in [5, 5.41) is 8.90. The molecule has 0 fully saturated rings. The minimum absolute atomic E-state index is 0.411. The maximum atomic E-state index is 4.72. The van der Waals surface area contributed by atoms with Crippen LogP contribution in [0.2, 0.25) is 0 Å². The molecule has 10 heavy (non-hydrogen) atoms. The monoisotopic (exact) mass is 154 g/mol. The number of hydrogen-bond acceptors (Lipinski definition) is 6. The smallest absolute Gasteiger partial charge is 0.279 e. The summed E-state index contributed by atoms with van der Waals surface area (Å²) in [6.45, 7) is 0. The van der Waals surface area contributed by atoms with Gasteiger partial charge in [0.1, 0.15) is 0 Å². The van der Waals surface area contributed by atoms with Crippen LogP contribution in [0.15, 0.2) is 16.2 Å². The fourth-order valence-electron chi connectivity index (χ4n) is 0.544. The normalized spacial score (nSPS) is 10.0. The second kappa shape index (κ2) is 2.14. The number of hydrogen-bond donors (Lipinski definition) is 0. The summed E-state index contributed by atoms with van der Waals surface area (Å²) in [6.07, 6.45) is 1.33. The molecule has 0 saturated heterocycles. The van der Waals surface area contributed by atoms with Gasteiger partial charge in [-0.25, -0.2) is 0 Å². The minimum Gasteiger partial charge on any atom is -0.332 e. The largest absolute Gasteiger partial charge is 0.332 e. The van der Waals surface area contributed by atoms with E-state index in [1.165, 1.54) is 17.9 Å². The molecule has 0 bridgehead atoms. The van der Waals surface area contributed by atoms with Crippen LogP contribution in [0.3, 0.4) is 0 Å². The second-order valence-corrected chi connectivity index (χ2v) is 2.15. The molecule has 0 aliphatic carbocycles. The highest BCUT2D eigenvalue weighted by molar-refractivity contribution is 7.03. The van der Waals surface area contributed by atoms with Crippen molar-refractivity contribution in [3.63, 3.8) is 0 Å². The summed E-state index contributed by atoms with van der Waals surface area (Å²) >= 11 is 1.25. The van der Waals surface area contributed by atoms with Gasteiger partial charge in [-0.1, -0.05) is 9.64 Å². The van der Waals surface area contributed by atoms with Crippen molar-refractivity contribution in [3.05, 3.63) is 11.7 Å². The van der Waals surface area contributed by atoms with Crippen LogP contribution in [0.25, 0.3) is 11.6 Å². The number of nitrogens with zero attached hydrogens (tertiary/aromatic N) is 4. The average Bonchev–Trinajstić information content (AvgIpc) is 2.59. The number of rotatable bonds is 1. The molecule has 0 amide bonds. The standard InChI is InChI=1S/C4H2N4OS/c1-3(7-8-10-1)4-5-2-6-9-4/h1-2H. The van der Waals surface area contributed by atoms with Crippen molar-refractivity contribution in [1.29, 1.82) is 0 Å². The Labute approximate surface area is 59.9 Å². The van der Waals surface area contributed by atoms with E-state index in [1.807, 2.05) is 0 Å². The molecular weight excluding hydrogens is 152 g/mol. The van der Waals surface area contributed by atoms with E-state index in [1.54, 1.807) is 5.38 Å². The first-order chi connectivity index (χ1) is 4.97. The fraction of sp³-hybridized carbons (Fsp3) is 0. The third kappa shape index (κ3) is 0.781. The SMILES string of the molecule is c1noc(-c2csnn2)n1. The Balaban J connectivity index is 2.48. The third-order valence-electron chi connectivity index (χ3n) is 0.940. The van der Waals surface area contributed by atoms with E-state index in [9.17, 15) is 0 Å². The molecule has 0 atom stereocenters. The Morgan fingerprint density at radius 1 is 1.50 bits per heavy atom. The third-order valence-corrected chi connectivity index (χ3v) is 1.45. The predicted molar refractivity (Wildman–Crippen MR) is 33.2 cm³/mol. The van der Waals surface area contributed by atoms with Crippen LogP contribution in [0, 0.1) is 0 Å². The molecule has 0 N–H and O–H groups in total. The van der Waals surface area contributed by atoms with Crippen LogP contribution in [0.4, 0.5) is 0 Å². The first-order valence-corrected chi connectivity index (χ1v) is 3.34. The lowest BCUT2D eigenvalue weighted by Gasteiger charge is -1.77. The molecule has 0 radical (unpaired) electrons. The van der Waals surface area contributed by atoms with Crippen molar-refractivity contribution in [3.8, 4) is 11.6 Å². The van der Waals surface area contributed by atoms with Crippen molar-refractivity contribution in [1.82, 2.24) is 19.7 Å². The minimum atomic E-state index is 0.411. The van der Waals surface area contributed by atoms with E-state index in [-0.39, 0.29) is 0 Å². The van der Waals surface area contributed by atoms with Crippen molar-refractivity contribution in [2.45, 2.75) is 0 Å². The summed E-state index contributed by atoms with van der Waals surface area (Å²) in [6, 6.07) is 0. The van der Waals surface area contributed by atoms with Crippen LogP contribution >= 0.6 is 11.5 Å². The molecule has 5 nitrogen and oxygen atoms in total. The summed E-state index contributed by atoms with van der Waals surface area (Å²) in [7, 11) is 0. The van der Waals surface area contributed by atoms with Gasteiger partial charge in [0.15, 0.2) is 12.0 Å². The van der Waals surface area contributed by atoms with E-state index in [2.05, 4.69) is 19.7 Å². The Kier molecular flexibility index (Phi) is 1.17. The van der Waals surface area contributed by atoms with Crippen LogP contribution in [-0.4, -0.2) is 19.7 Å². The van der Waals surface area contributed by atoms with E-state index >= 15 is 0 Å². The average molecular weight is 154 g/mol. The molecule has 2 heterocycles. The van der Waals surface area contributed by atoms with Crippen LogP contribution in [0.5, 0.6) is 0 Å². The van der Waals surface area contributed by atoms with Gasteiger partial charge in [0.05, 0.1) is 0 Å². The molecule has 2 aromatic rings. The number of aromatic nitrogens is 4. The molecular formula is C4H2N4OS. The van der Waals surface area contributed by atoms with Gasteiger partial charge < -0.3 is 4.52 Å². The zero-order valence-corrected chi connectivity index (χ0v) is 5.58. The van der Waals surface area contributed by atoms with Gasteiger partial charge in [-0.2, -0.15) is 4.98 Å². The topological polar surface area (TPSA) is 64.7 Å². The van der Waals surface area contributed by atoms with Gasteiger partial charge in [0, 0.05) is 5.38 Å². The lowest BCUT2D eigenvalue weighted by Crippen LogP contribution is -1.75. The molecule has 0 unspecified atom stereocenters. The van der Waals surface area contributed by atoms with E-state index < -0.39 is 0 Å². The van der Waals surface area contributed by atoms with Crippen molar-refractivity contribution in [2.75, 3.05) is 0 Å². The predicted octanol–water partition coefficient (Wildman–Crippen LogP) is 0.588. The highest BCUT2D eigenvalue weighted by atomic mass is 32.1. The summed E-state index contributed by atoms with van der Waals surface area (Å²) in [5.41, 5.74) is 0.627.